The molecule has 5 rings (SSSR count). The highest BCUT2D eigenvalue weighted by Crippen LogP contribution is 2.36. The second kappa shape index (κ2) is 7.02. The van der Waals surface area contributed by atoms with Crippen molar-refractivity contribution in [2.45, 2.75) is 40.0 Å². The number of rotatable bonds is 1. The molecule has 1 aliphatic rings. The minimum atomic E-state index is -0.223. The van der Waals surface area contributed by atoms with E-state index in [-0.39, 0.29) is 6.10 Å². The third-order valence-corrected chi connectivity index (χ3v) is 5.62. The molecule has 0 saturated heterocycles. The van der Waals surface area contributed by atoms with E-state index in [2.05, 4.69) is 51.7 Å². The van der Waals surface area contributed by atoms with Crippen LogP contribution in [0.2, 0.25) is 0 Å². The van der Waals surface area contributed by atoms with Gasteiger partial charge in [0.2, 0.25) is 0 Å². The van der Waals surface area contributed by atoms with Gasteiger partial charge in [-0.25, -0.2) is 9.97 Å². The number of nitrogens with zero attached hydrogens (tertiary/aromatic N) is 5. The summed E-state index contributed by atoms with van der Waals surface area (Å²) < 4.78 is 10.5. The second-order valence-electron chi connectivity index (χ2n) is 7.67. The molecular formula is C23H24N6O. The second-order valence-corrected chi connectivity index (χ2v) is 7.67. The van der Waals surface area contributed by atoms with Crippen LogP contribution in [-0.2, 0) is 13.1 Å². The van der Waals surface area contributed by atoms with Gasteiger partial charge < -0.3 is 15.0 Å². The Morgan fingerprint density at radius 1 is 1.20 bits per heavy atom. The van der Waals surface area contributed by atoms with Crippen molar-refractivity contribution in [3.63, 3.8) is 0 Å². The summed E-state index contributed by atoms with van der Waals surface area (Å²) in [7, 11) is 0. The van der Waals surface area contributed by atoms with E-state index in [0.29, 0.717) is 18.1 Å². The van der Waals surface area contributed by atoms with Crippen LogP contribution in [0.5, 0.6) is 5.75 Å². The van der Waals surface area contributed by atoms with Gasteiger partial charge in [0.1, 0.15) is 11.9 Å². The Morgan fingerprint density at radius 3 is 2.90 bits per heavy atom. The van der Waals surface area contributed by atoms with E-state index in [0.717, 1.165) is 40.3 Å². The number of pyridine rings is 1. The molecule has 1 unspecified atom stereocenters. The summed E-state index contributed by atoms with van der Waals surface area (Å²) in [6.07, 6.45) is 7.34. The highest BCUT2D eigenvalue weighted by molar-refractivity contribution is 5.68. The first-order chi connectivity index (χ1) is 14.5. The zero-order valence-electron chi connectivity index (χ0n) is 17.3. The van der Waals surface area contributed by atoms with E-state index in [1.165, 1.54) is 5.56 Å². The Hall–Kier alpha value is -3.61. The van der Waals surface area contributed by atoms with Crippen molar-refractivity contribution in [3.8, 4) is 28.4 Å². The maximum atomic E-state index is 6.34. The number of anilines is 1. The summed E-state index contributed by atoms with van der Waals surface area (Å²) in [5, 5.41) is 4.59. The molecule has 30 heavy (non-hydrogen) atoms. The molecule has 0 radical (unpaired) electrons. The van der Waals surface area contributed by atoms with E-state index < -0.39 is 0 Å². The van der Waals surface area contributed by atoms with E-state index in [1.807, 2.05) is 36.3 Å². The van der Waals surface area contributed by atoms with Gasteiger partial charge in [-0.05, 0) is 26.8 Å². The Kier molecular flexibility index (Phi) is 4.31. The maximum absolute atomic E-state index is 6.34. The fourth-order valence-corrected chi connectivity index (χ4v) is 4.13. The lowest BCUT2D eigenvalue weighted by atomic mass is 9.99. The van der Waals surface area contributed by atoms with Gasteiger partial charge in [0.25, 0.3) is 0 Å². The predicted octanol–water partition coefficient (Wildman–Crippen LogP) is 4.22. The van der Waals surface area contributed by atoms with E-state index in [9.17, 15) is 0 Å². The van der Waals surface area contributed by atoms with E-state index >= 15 is 0 Å². The van der Waals surface area contributed by atoms with Gasteiger partial charge in [0.15, 0.2) is 11.6 Å². The minimum absolute atomic E-state index is 0.223. The molecule has 0 saturated carbocycles. The number of aryl methyl sites for hydroxylation is 2. The number of hydrogen-bond acceptors (Lipinski definition) is 5. The van der Waals surface area contributed by atoms with Crippen molar-refractivity contribution < 1.29 is 4.74 Å². The summed E-state index contributed by atoms with van der Waals surface area (Å²) >= 11 is 0. The minimum Gasteiger partial charge on any atom is -0.482 e. The van der Waals surface area contributed by atoms with Crippen LogP contribution in [0.4, 0.5) is 5.82 Å². The molecule has 1 aromatic carbocycles. The molecule has 0 amide bonds. The van der Waals surface area contributed by atoms with Crippen molar-refractivity contribution in [3.05, 3.63) is 65.7 Å². The molecule has 1 atom stereocenters. The topological polar surface area (TPSA) is 83.8 Å². The highest BCUT2D eigenvalue weighted by atomic mass is 16.5. The van der Waals surface area contributed by atoms with Gasteiger partial charge in [-0.2, -0.15) is 5.10 Å². The summed E-state index contributed by atoms with van der Waals surface area (Å²) in [6, 6.07) is 8.34. The van der Waals surface area contributed by atoms with Crippen LogP contribution in [-0.4, -0.2) is 24.3 Å². The first kappa shape index (κ1) is 18.4. The number of benzene rings is 1. The summed E-state index contributed by atoms with van der Waals surface area (Å²) in [4.78, 5) is 9.10. The summed E-state index contributed by atoms with van der Waals surface area (Å²) in [5.41, 5.74) is 12.5. The van der Waals surface area contributed by atoms with Crippen LogP contribution in [0.25, 0.3) is 22.6 Å². The van der Waals surface area contributed by atoms with Crippen molar-refractivity contribution >= 4 is 5.82 Å². The smallest absolute Gasteiger partial charge is 0.166 e. The Labute approximate surface area is 175 Å². The molecule has 0 fully saturated rings. The van der Waals surface area contributed by atoms with Crippen LogP contribution in [0.1, 0.15) is 36.6 Å². The maximum Gasteiger partial charge on any atom is 0.166 e. The van der Waals surface area contributed by atoms with Gasteiger partial charge in [-0.3, -0.25) is 4.68 Å². The van der Waals surface area contributed by atoms with Gasteiger partial charge in [-0.1, -0.05) is 23.8 Å². The summed E-state index contributed by atoms with van der Waals surface area (Å²) in [5.74, 6) is 1.86. The van der Waals surface area contributed by atoms with Crippen molar-refractivity contribution in [2.75, 3.05) is 5.73 Å². The molecule has 2 N–H and O–H groups in total. The SMILES string of the molecule is CCn1ncc2c1-c1cnc(N)c(c1)OC(C)c1cc(C)ccc1-c1nccn1C2. The number of nitrogen functional groups attached to an aromatic ring is 1. The molecule has 3 aromatic heterocycles. The Balaban J connectivity index is 1.79. The number of ether oxygens (including phenoxy) is 1. The molecule has 4 aromatic rings. The average Bonchev–Trinajstić information content (AvgIpc) is 3.36. The molecule has 152 valence electrons. The molecule has 1 aliphatic heterocycles. The lowest BCUT2D eigenvalue weighted by Crippen LogP contribution is -2.11. The molecule has 2 bridgehead atoms. The van der Waals surface area contributed by atoms with Crippen molar-refractivity contribution in [2.24, 2.45) is 0 Å². The standard InChI is InChI=1S/C23H24N6O/c1-4-29-21-16-10-20(22(24)26-11-16)30-15(3)19-9-14(2)5-6-18(19)23-25-7-8-28(23)13-17(21)12-27-29/h5-12,15H,4,13H2,1-3H3,(H2,24,26). The van der Waals surface area contributed by atoms with Crippen LogP contribution < -0.4 is 10.5 Å². The van der Waals surface area contributed by atoms with E-state index in [4.69, 9.17) is 10.5 Å². The predicted molar refractivity (Wildman–Crippen MR) is 116 cm³/mol. The molecule has 7 heteroatoms. The van der Waals surface area contributed by atoms with Crippen LogP contribution >= 0.6 is 0 Å². The third-order valence-electron chi connectivity index (χ3n) is 5.62. The normalized spacial score (nSPS) is 15.2. The van der Waals surface area contributed by atoms with Crippen LogP contribution in [0.3, 0.4) is 0 Å². The zero-order valence-corrected chi connectivity index (χ0v) is 17.3. The Bertz CT molecular complexity index is 1240. The van der Waals surface area contributed by atoms with Gasteiger partial charge >= 0.3 is 0 Å². The number of fused-ring (bicyclic) bond motifs is 7. The van der Waals surface area contributed by atoms with Gasteiger partial charge in [0.05, 0.1) is 18.4 Å². The molecular weight excluding hydrogens is 376 g/mol. The van der Waals surface area contributed by atoms with E-state index in [1.54, 1.807) is 6.20 Å². The fourth-order valence-electron chi connectivity index (χ4n) is 4.13. The monoisotopic (exact) mass is 400 g/mol. The molecule has 0 aliphatic carbocycles. The number of nitrogens with two attached hydrogens (primary N) is 1. The fraction of sp³-hybridized carbons (Fsp3) is 0.261. The number of imidazole rings is 1. The highest BCUT2D eigenvalue weighted by Gasteiger charge is 2.22. The number of aromatic nitrogens is 5. The molecule has 7 nitrogen and oxygen atoms in total. The first-order valence-corrected chi connectivity index (χ1v) is 10.1. The lowest BCUT2D eigenvalue weighted by molar-refractivity contribution is 0.228. The average molecular weight is 400 g/mol. The zero-order chi connectivity index (χ0) is 20.8. The largest absolute Gasteiger partial charge is 0.482 e. The third kappa shape index (κ3) is 2.94. The van der Waals surface area contributed by atoms with Gasteiger partial charge in [0, 0.05) is 47.4 Å². The quantitative estimate of drug-likeness (QED) is 0.517. The lowest BCUT2D eigenvalue weighted by Gasteiger charge is -2.22. The van der Waals surface area contributed by atoms with Crippen molar-refractivity contribution in [1.82, 2.24) is 24.3 Å². The first-order valence-electron chi connectivity index (χ1n) is 10.1. The van der Waals surface area contributed by atoms with Crippen LogP contribution in [0.15, 0.2) is 49.1 Å². The molecule has 0 spiro atoms. The molecule has 4 heterocycles. The van der Waals surface area contributed by atoms with Crippen molar-refractivity contribution in [1.29, 1.82) is 0 Å². The Morgan fingerprint density at radius 2 is 2.07 bits per heavy atom. The van der Waals surface area contributed by atoms with Crippen LogP contribution in [0, 0.1) is 6.92 Å². The number of hydrogen-bond donors (Lipinski definition) is 1. The van der Waals surface area contributed by atoms with Gasteiger partial charge in [-0.15, -0.1) is 0 Å². The summed E-state index contributed by atoms with van der Waals surface area (Å²) in [6.45, 7) is 7.61.